The Bertz CT molecular complexity index is 1270. The van der Waals surface area contributed by atoms with Crippen LogP contribution in [-0.2, 0) is 4.79 Å². The molecule has 0 spiro atoms. The second-order valence-electron chi connectivity index (χ2n) is 15.7. The first-order chi connectivity index (χ1) is 26.7. The van der Waals surface area contributed by atoms with Crippen molar-refractivity contribution in [2.45, 2.75) is 206 Å². The van der Waals surface area contributed by atoms with Crippen molar-refractivity contribution in [2.24, 2.45) is 5.92 Å². The number of hydrogen-bond acceptors (Lipinski definition) is 7. The van der Waals surface area contributed by atoms with E-state index in [0.717, 1.165) is 25.7 Å². The first-order valence-electron chi connectivity index (χ1n) is 22.5. The molecule has 0 aliphatic carbocycles. The maximum atomic E-state index is 13.6. The summed E-state index contributed by atoms with van der Waals surface area (Å²) in [7, 11) is 0. The topological polar surface area (TPSA) is 106 Å². The lowest BCUT2D eigenvalue weighted by molar-refractivity contribution is -0.120. The summed E-state index contributed by atoms with van der Waals surface area (Å²) in [5.74, 6) is 0.858. The Balaban J connectivity index is 1.36. The Morgan fingerprint density at radius 2 is 0.870 bits per heavy atom. The smallest absolute Gasteiger partial charge is 0.227 e. The van der Waals surface area contributed by atoms with Gasteiger partial charge in [-0.05, 0) is 37.1 Å². The van der Waals surface area contributed by atoms with Crippen LogP contribution in [0, 0.1) is 5.92 Å². The van der Waals surface area contributed by atoms with E-state index in [0.29, 0.717) is 28.7 Å². The van der Waals surface area contributed by atoms with Crippen molar-refractivity contribution in [1.29, 1.82) is 0 Å². The van der Waals surface area contributed by atoms with Crippen LogP contribution in [0.3, 0.4) is 0 Å². The molecule has 300 valence electrons. The molecule has 1 N–H and O–H groups in total. The molecule has 54 heavy (non-hydrogen) atoms. The number of rotatable bonds is 34. The van der Waals surface area contributed by atoms with Crippen molar-refractivity contribution in [3.8, 4) is 23.0 Å². The lowest BCUT2D eigenvalue weighted by Crippen LogP contribution is -2.23. The van der Waals surface area contributed by atoms with Gasteiger partial charge in [0, 0.05) is 12.1 Å². The molecular formula is C46H75N7O. The van der Waals surface area contributed by atoms with E-state index in [-0.39, 0.29) is 11.8 Å². The Labute approximate surface area is 329 Å². The molecule has 8 nitrogen and oxygen atoms in total. The van der Waals surface area contributed by atoms with Crippen LogP contribution in [0.25, 0.3) is 23.0 Å². The van der Waals surface area contributed by atoms with Crippen molar-refractivity contribution in [2.75, 3.05) is 5.32 Å². The molecule has 1 amide bonds. The van der Waals surface area contributed by atoms with Gasteiger partial charge in [-0.2, -0.15) is 0 Å². The molecule has 3 heterocycles. The van der Waals surface area contributed by atoms with Gasteiger partial charge in [-0.1, -0.05) is 200 Å². The molecule has 0 fully saturated rings. The van der Waals surface area contributed by atoms with Gasteiger partial charge in [-0.3, -0.25) is 14.8 Å². The normalized spacial score (nSPS) is 11.4. The van der Waals surface area contributed by atoms with E-state index in [2.05, 4.69) is 49.5 Å². The quantitative estimate of drug-likeness (QED) is 0.0607. The fourth-order valence-electron chi connectivity index (χ4n) is 7.35. The van der Waals surface area contributed by atoms with E-state index in [4.69, 9.17) is 0 Å². The molecule has 8 heteroatoms. The number of amides is 1. The van der Waals surface area contributed by atoms with Crippen LogP contribution in [0.5, 0.6) is 0 Å². The van der Waals surface area contributed by atoms with Crippen molar-refractivity contribution in [3.05, 3.63) is 42.7 Å². The van der Waals surface area contributed by atoms with E-state index in [9.17, 15) is 4.79 Å². The first-order valence-corrected chi connectivity index (χ1v) is 22.5. The molecular weight excluding hydrogens is 667 g/mol. The van der Waals surface area contributed by atoms with Crippen molar-refractivity contribution >= 4 is 11.6 Å². The average molecular weight is 742 g/mol. The minimum atomic E-state index is 0.0372. The molecule has 3 rings (SSSR count). The van der Waals surface area contributed by atoms with Gasteiger partial charge >= 0.3 is 0 Å². The number of unbranched alkanes of at least 4 members (excludes halogenated alkanes) is 26. The van der Waals surface area contributed by atoms with E-state index in [1.165, 1.54) is 167 Å². The molecule has 0 atom stereocenters. The molecule has 3 aromatic rings. The number of nitrogens with one attached hydrogen (secondary N) is 1. The number of aromatic nitrogens is 6. The van der Waals surface area contributed by atoms with Gasteiger partial charge in [0.05, 0.1) is 11.9 Å². The maximum absolute atomic E-state index is 13.6. The lowest BCUT2D eigenvalue weighted by Gasteiger charge is -2.17. The predicted octanol–water partition coefficient (Wildman–Crippen LogP) is 13.7. The van der Waals surface area contributed by atoms with Gasteiger partial charge < -0.3 is 5.32 Å². The number of hydrogen-bond donors (Lipinski definition) is 1. The van der Waals surface area contributed by atoms with E-state index in [1.54, 1.807) is 12.4 Å². The molecule has 3 aromatic heterocycles. The maximum Gasteiger partial charge on any atom is 0.227 e. The molecule has 0 aliphatic rings. The minimum Gasteiger partial charge on any atom is -0.324 e. The van der Waals surface area contributed by atoms with Gasteiger partial charge in [-0.25, -0.2) is 0 Å². The van der Waals surface area contributed by atoms with Crippen LogP contribution in [0.15, 0.2) is 42.7 Å². The summed E-state index contributed by atoms with van der Waals surface area (Å²) in [5, 5.41) is 19.9. The van der Waals surface area contributed by atoms with Crippen LogP contribution in [0.2, 0.25) is 0 Å². The van der Waals surface area contributed by atoms with Crippen LogP contribution in [0.1, 0.15) is 206 Å². The second kappa shape index (κ2) is 31.0. The number of carbonyl (C=O) groups excluding carboxylic acids is 1. The summed E-state index contributed by atoms with van der Waals surface area (Å²) in [5.41, 5.74) is 1.87. The zero-order valence-corrected chi connectivity index (χ0v) is 34.4. The summed E-state index contributed by atoms with van der Waals surface area (Å²) in [4.78, 5) is 22.3. The Kier molecular flexibility index (Phi) is 25.9. The van der Waals surface area contributed by atoms with E-state index >= 15 is 0 Å². The first kappa shape index (κ1) is 45.1. The third kappa shape index (κ3) is 21.0. The molecule has 0 bridgehead atoms. The van der Waals surface area contributed by atoms with Crippen molar-refractivity contribution in [3.63, 3.8) is 0 Å². The van der Waals surface area contributed by atoms with Crippen molar-refractivity contribution in [1.82, 2.24) is 30.4 Å². The molecule has 0 unspecified atom stereocenters. The third-order valence-electron chi connectivity index (χ3n) is 10.8. The van der Waals surface area contributed by atoms with Crippen LogP contribution >= 0.6 is 0 Å². The van der Waals surface area contributed by atoms with Crippen molar-refractivity contribution < 1.29 is 4.79 Å². The summed E-state index contributed by atoms with van der Waals surface area (Å²) < 4.78 is 0. The molecule has 0 saturated heterocycles. The van der Waals surface area contributed by atoms with E-state index < -0.39 is 0 Å². The lowest BCUT2D eigenvalue weighted by atomic mass is 9.93. The highest BCUT2D eigenvalue weighted by Crippen LogP contribution is 2.23. The highest BCUT2D eigenvalue weighted by Gasteiger charge is 2.19. The van der Waals surface area contributed by atoms with Gasteiger partial charge in [0.25, 0.3) is 0 Å². The largest absolute Gasteiger partial charge is 0.324 e. The number of pyridine rings is 2. The highest BCUT2D eigenvalue weighted by atomic mass is 16.1. The number of anilines is 1. The molecule has 0 radical (unpaired) electrons. The van der Waals surface area contributed by atoms with Gasteiger partial charge in [0.15, 0.2) is 0 Å². The summed E-state index contributed by atoms with van der Waals surface area (Å²) in [6.45, 7) is 4.57. The monoisotopic (exact) mass is 742 g/mol. The average Bonchev–Trinajstić information content (AvgIpc) is 3.21. The zero-order chi connectivity index (χ0) is 38.2. The zero-order valence-electron chi connectivity index (χ0n) is 34.4. The Hall–Kier alpha value is -3.29. The van der Waals surface area contributed by atoms with E-state index in [1.807, 2.05) is 30.3 Å². The van der Waals surface area contributed by atoms with Crippen LogP contribution < -0.4 is 5.32 Å². The third-order valence-corrected chi connectivity index (χ3v) is 10.8. The van der Waals surface area contributed by atoms with Crippen LogP contribution in [0.4, 0.5) is 5.69 Å². The SMILES string of the molecule is CCCCCCCCCCCCCCCCC(CCCCCCCCCCCCCCCC)C(=O)Nc1ccc(-c2nnc(-c3ccccn3)nn2)nc1. The second-order valence-corrected chi connectivity index (χ2v) is 15.7. The summed E-state index contributed by atoms with van der Waals surface area (Å²) in [6, 6.07) is 9.21. The van der Waals surface area contributed by atoms with Gasteiger partial charge in [-0.15, -0.1) is 20.4 Å². The standard InChI is InChI=1S/C46H75N7O/c1-3-5-7-9-11-13-15-17-19-21-23-25-27-29-33-40(34-30-28-26-24-22-20-18-16-14-12-10-8-6-4-2)46(54)49-41-36-37-43(48-39-41)45-52-50-44(51-53-45)42-35-31-32-38-47-42/h31-32,35-40H,3-30,33-34H2,1-2H3,(H,49,54). The number of carbonyl (C=O) groups is 1. The summed E-state index contributed by atoms with van der Waals surface area (Å²) in [6.07, 6.45) is 43.0. The summed E-state index contributed by atoms with van der Waals surface area (Å²) >= 11 is 0. The predicted molar refractivity (Wildman–Crippen MR) is 226 cm³/mol. The van der Waals surface area contributed by atoms with Crippen LogP contribution in [-0.4, -0.2) is 36.3 Å². The minimum absolute atomic E-state index is 0.0372. The highest BCUT2D eigenvalue weighted by molar-refractivity contribution is 5.92. The Morgan fingerprint density at radius 1 is 0.481 bits per heavy atom. The molecule has 0 aromatic carbocycles. The molecule has 0 saturated carbocycles. The fraction of sp³-hybridized carbons (Fsp3) is 0.717. The van der Waals surface area contributed by atoms with Gasteiger partial charge in [0.1, 0.15) is 11.4 Å². The Morgan fingerprint density at radius 3 is 1.22 bits per heavy atom. The fourth-order valence-corrected chi connectivity index (χ4v) is 7.35. The number of nitrogens with zero attached hydrogens (tertiary/aromatic N) is 6. The molecule has 0 aliphatic heterocycles. The van der Waals surface area contributed by atoms with Gasteiger partial charge in [0.2, 0.25) is 17.6 Å².